The zero-order chi connectivity index (χ0) is 18.2. The van der Waals surface area contributed by atoms with Crippen LogP contribution in [-0.4, -0.2) is 38.1 Å². The second-order valence-corrected chi connectivity index (χ2v) is 5.65. The fourth-order valence-corrected chi connectivity index (χ4v) is 2.66. The molecule has 0 unspecified atom stereocenters. The van der Waals surface area contributed by atoms with Crippen LogP contribution >= 0.6 is 0 Å². The molecule has 0 heterocycles. The van der Waals surface area contributed by atoms with E-state index in [0.717, 1.165) is 25.3 Å². The monoisotopic (exact) mass is 342 g/mol. The van der Waals surface area contributed by atoms with E-state index in [2.05, 4.69) is 24.1 Å². The Morgan fingerprint density at radius 3 is 2.24 bits per heavy atom. The first kappa shape index (κ1) is 18.8. The zero-order valence-corrected chi connectivity index (χ0v) is 15.3. The number of carbonyl (C=O) groups is 1. The summed E-state index contributed by atoms with van der Waals surface area (Å²) in [6.07, 6.45) is 0. The van der Waals surface area contributed by atoms with Crippen molar-refractivity contribution in [2.75, 3.05) is 32.6 Å². The summed E-state index contributed by atoms with van der Waals surface area (Å²) < 4.78 is 10.6. The molecule has 0 aliphatic carbocycles. The van der Waals surface area contributed by atoms with Crippen LogP contribution in [0.2, 0.25) is 0 Å². The second kappa shape index (κ2) is 9.08. The van der Waals surface area contributed by atoms with Gasteiger partial charge in [-0.15, -0.1) is 0 Å². The van der Waals surface area contributed by atoms with Crippen molar-refractivity contribution in [1.82, 2.24) is 4.90 Å². The van der Waals surface area contributed by atoms with Crippen LogP contribution in [0, 0.1) is 0 Å². The van der Waals surface area contributed by atoms with Gasteiger partial charge in [-0.2, -0.15) is 0 Å². The van der Waals surface area contributed by atoms with Crippen LogP contribution in [0.1, 0.15) is 29.8 Å². The highest BCUT2D eigenvalue weighted by molar-refractivity contribution is 6.06. The molecule has 1 N–H and O–H groups in total. The molecular formula is C20H26N2O3. The van der Waals surface area contributed by atoms with E-state index in [4.69, 9.17) is 9.47 Å². The van der Waals surface area contributed by atoms with E-state index in [0.29, 0.717) is 17.1 Å². The highest BCUT2D eigenvalue weighted by Crippen LogP contribution is 2.31. The summed E-state index contributed by atoms with van der Waals surface area (Å²) in [5.41, 5.74) is 2.41. The molecule has 1 amide bonds. The Morgan fingerprint density at radius 2 is 1.68 bits per heavy atom. The number of carbonyl (C=O) groups excluding carboxylic acids is 1. The molecule has 134 valence electrons. The molecule has 0 spiro atoms. The normalized spacial score (nSPS) is 10.6. The van der Waals surface area contributed by atoms with Crippen molar-refractivity contribution in [2.24, 2.45) is 0 Å². The maximum atomic E-state index is 12.6. The van der Waals surface area contributed by atoms with Gasteiger partial charge in [-0.1, -0.05) is 32.0 Å². The third kappa shape index (κ3) is 4.73. The maximum absolute atomic E-state index is 12.6. The van der Waals surface area contributed by atoms with E-state index in [1.807, 2.05) is 24.3 Å². The predicted molar refractivity (Wildman–Crippen MR) is 101 cm³/mol. The summed E-state index contributed by atoms with van der Waals surface area (Å²) in [6.45, 7) is 7.25. The quantitative estimate of drug-likeness (QED) is 0.793. The fraction of sp³-hybridized carbons (Fsp3) is 0.350. The lowest BCUT2D eigenvalue weighted by molar-refractivity contribution is 0.102. The molecule has 0 bridgehead atoms. The Bertz CT molecular complexity index is 695. The Hall–Kier alpha value is -2.53. The third-order valence-corrected chi connectivity index (χ3v) is 4.16. The number of methoxy groups -OCH3 is 2. The van der Waals surface area contributed by atoms with E-state index in [9.17, 15) is 4.79 Å². The largest absolute Gasteiger partial charge is 0.493 e. The number of benzene rings is 2. The Kier molecular flexibility index (Phi) is 6.83. The number of ether oxygens (including phenoxy) is 2. The Labute approximate surface area is 149 Å². The molecular weight excluding hydrogens is 316 g/mol. The lowest BCUT2D eigenvalue weighted by Gasteiger charge is -2.18. The fourth-order valence-electron chi connectivity index (χ4n) is 2.66. The van der Waals surface area contributed by atoms with Crippen molar-refractivity contribution in [3.63, 3.8) is 0 Å². The van der Waals surface area contributed by atoms with Gasteiger partial charge in [-0.05, 0) is 42.9 Å². The SMILES string of the molecule is CCN(CC)Cc1ccc(NC(=O)c2cccc(OC)c2OC)cc1. The Morgan fingerprint density at radius 1 is 1.00 bits per heavy atom. The number of nitrogens with one attached hydrogen (secondary N) is 1. The minimum absolute atomic E-state index is 0.229. The van der Waals surface area contributed by atoms with E-state index in [1.165, 1.54) is 12.7 Å². The molecule has 0 atom stereocenters. The number of hydrogen-bond acceptors (Lipinski definition) is 4. The van der Waals surface area contributed by atoms with Crippen molar-refractivity contribution in [1.29, 1.82) is 0 Å². The molecule has 5 nitrogen and oxygen atoms in total. The molecule has 2 aromatic carbocycles. The highest BCUT2D eigenvalue weighted by atomic mass is 16.5. The van der Waals surface area contributed by atoms with Crippen LogP contribution in [0.3, 0.4) is 0 Å². The summed E-state index contributed by atoms with van der Waals surface area (Å²) in [7, 11) is 3.07. The van der Waals surface area contributed by atoms with Gasteiger partial charge in [0.1, 0.15) is 0 Å². The summed E-state index contributed by atoms with van der Waals surface area (Å²) >= 11 is 0. The second-order valence-electron chi connectivity index (χ2n) is 5.65. The molecule has 0 saturated carbocycles. The first-order chi connectivity index (χ1) is 12.1. The van der Waals surface area contributed by atoms with Crippen molar-refractivity contribution >= 4 is 11.6 Å². The summed E-state index contributed by atoms with van der Waals surface area (Å²) in [4.78, 5) is 14.9. The van der Waals surface area contributed by atoms with Gasteiger partial charge in [-0.25, -0.2) is 0 Å². The molecule has 0 radical (unpaired) electrons. The molecule has 5 heteroatoms. The average Bonchev–Trinajstić information content (AvgIpc) is 2.66. The van der Waals surface area contributed by atoms with E-state index in [-0.39, 0.29) is 5.91 Å². The van der Waals surface area contributed by atoms with Gasteiger partial charge < -0.3 is 14.8 Å². The topological polar surface area (TPSA) is 50.8 Å². The van der Waals surface area contributed by atoms with Crippen LogP contribution in [0.5, 0.6) is 11.5 Å². The van der Waals surface area contributed by atoms with Crippen molar-refractivity contribution in [3.8, 4) is 11.5 Å². The molecule has 0 aliphatic rings. The van der Waals surface area contributed by atoms with E-state index < -0.39 is 0 Å². The number of anilines is 1. The smallest absolute Gasteiger partial charge is 0.259 e. The van der Waals surface area contributed by atoms with Crippen molar-refractivity contribution in [3.05, 3.63) is 53.6 Å². The van der Waals surface area contributed by atoms with Gasteiger partial charge >= 0.3 is 0 Å². The molecule has 0 saturated heterocycles. The molecule has 0 aromatic heterocycles. The highest BCUT2D eigenvalue weighted by Gasteiger charge is 2.16. The van der Waals surface area contributed by atoms with Gasteiger partial charge in [0.15, 0.2) is 11.5 Å². The maximum Gasteiger partial charge on any atom is 0.259 e. The van der Waals surface area contributed by atoms with Crippen LogP contribution in [-0.2, 0) is 6.54 Å². The van der Waals surface area contributed by atoms with Gasteiger partial charge in [0.25, 0.3) is 5.91 Å². The predicted octanol–water partition coefficient (Wildman–Crippen LogP) is 3.80. The number of hydrogen-bond donors (Lipinski definition) is 1. The summed E-state index contributed by atoms with van der Waals surface area (Å²) in [6, 6.07) is 13.2. The third-order valence-electron chi connectivity index (χ3n) is 4.16. The van der Waals surface area contributed by atoms with Crippen LogP contribution in [0.25, 0.3) is 0 Å². The number of rotatable bonds is 8. The molecule has 0 aliphatic heterocycles. The lowest BCUT2D eigenvalue weighted by atomic mass is 10.1. The minimum atomic E-state index is -0.229. The lowest BCUT2D eigenvalue weighted by Crippen LogP contribution is -2.22. The van der Waals surface area contributed by atoms with Crippen molar-refractivity contribution in [2.45, 2.75) is 20.4 Å². The summed E-state index contributed by atoms with van der Waals surface area (Å²) in [5, 5.41) is 2.90. The first-order valence-corrected chi connectivity index (χ1v) is 8.46. The van der Waals surface area contributed by atoms with Crippen LogP contribution < -0.4 is 14.8 Å². The Balaban J connectivity index is 2.11. The number of nitrogens with zero attached hydrogens (tertiary/aromatic N) is 1. The van der Waals surface area contributed by atoms with Crippen LogP contribution in [0.4, 0.5) is 5.69 Å². The zero-order valence-electron chi connectivity index (χ0n) is 15.3. The standard InChI is InChI=1S/C20H26N2O3/c1-5-22(6-2)14-15-10-12-16(13-11-15)21-20(23)17-8-7-9-18(24-3)19(17)25-4/h7-13H,5-6,14H2,1-4H3,(H,21,23). The van der Waals surface area contributed by atoms with Gasteiger partial charge in [0.05, 0.1) is 19.8 Å². The summed E-state index contributed by atoms with van der Waals surface area (Å²) in [5.74, 6) is 0.734. The molecule has 25 heavy (non-hydrogen) atoms. The number of amides is 1. The van der Waals surface area contributed by atoms with E-state index in [1.54, 1.807) is 25.3 Å². The molecule has 0 fully saturated rings. The first-order valence-electron chi connectivity index (χ1n) is 8.46. The molecule has 2 aromatic rings. The van der Waals surface area contributed by atoms with Gasteiger partial charge in [-0.3, -0.25) is 9.69 Å². The minimum Gasteiger partial charge on any atom is -0.493 e. The average molecular weight is 342 g/mol. The van der Waals surface area contributed by atoms with E-state index >= 15 is 0 Å². The van der Waals surface area contributed by atoms with Crippen molar-refractivity contribution < 1.29 is 14.3 Å². The molecule has 2 rings (SSSR count). The van der Waals surface area contributed by atoms with Gasteiger partial charge in [0.2, 0.25) is 0 Å². The number of para-hydroxylation sites is 1. The van der Waals surface area contributed by atoms with Crippen LogP contribution in [0.15, 0.2) is 42.5 Å². The van der Waals surface area contributed by atoms with Gasteiger partial charge in [0, 0.05) is 12.2 Å².